The number of benzene rings is 2. The number of hydrogen-bond donors (Lipinski definition) is 0. The van der Waals surface area contributed by atoms with Gasteiger partial charge >= 0.3 is 5.97 Å². The van der Waals surface area contributed by atoms with E-state index in [-0.39, 0.29) is 5.97 Å². The molecule has 2 aromatic carbocycles. The number of carbonyl (C=O) groups is 1. The van der Waals surface area contributed by atoms with Crippen molar-refractivity contribution in [3.05, 3.63) is 71.8 Å². The van der Waals surface area contributed by atoms with Crippen LogP contribution in [0.5, 0.6) is 0 Å². The van der Waals surface area contributed by atoms with Crippen molar-refractivity contribution in [2.75, 3.05) is 0 Å². The van der Waals surface area contributed by atoms with Gasteiger partial charge in [0.2, 0.25) is 0 Å². The van der Waals surface area contributed by atoms with E-state index in [1.54, 1.807) is 0 Å². The van der Waals surface area contributed by atoms with E-state index in [2.05, 4.69) is 36.4 Å². The van der Waals surface area contributed by atoms with Gasteiger partial charge in [-0.1, -0.05) is 60.7 Å². The lowest BCUT2D eigenvalue weighted by Gasteiger charge is -2.40. The Kier molecular flexibility index (Phi) is 3.25. The molecule has 2 heteroatoms. The molecule has 1 saturated carbocycles. The molecule has 2 aromatic rings. The van der Waals surface area contributed by atoms with Gasteiger partial charge in [0.05, 0.1) is 0 Å². The highest BCUT2D eigenvalue weighted by Crippen LogP contribution is 2.53. The lowest BCUT2D eigenvalue weighted by molar-refractivity contribution is -0.159. The molecule has 1 aliphatic carbocycles. The quantitative estimate of drug-likeness (QED) is 0.766. The van der Waals surface area contributed by atoms with Crippen LogP contribution < -0.4 is 0 Å². The normalized spacial score (nSPS) is 30.6. The van der Waals surface area contributed by atoms with Gasteiger partial charge in [-0.2, -0.15) is 0 Å². The van der Waals surface area contributed by atoms with Crippen molar-refractivity contribution in [1.82, 2.24) is 0 Å². The number of esters is 1. The second-order valence-electron chi connectivity index (χ2n) is 6.56. The van der Waals surface area contributed by atoms with Gasteiger partial charge in [0.15, 0.2) is 0 Å². The van der Waals surface area contributed by atoms with E-state index in [0.29, 0.717) is 18.3 Å². The minimum absolute atomic E-state index is 0.0372. The fourth-order valence-corrected chi connectivity index (χ4v) is 4.21. The summed E-state index contributed by atoms with van der Waals surface area (Å²) in [4.78, 5) is 12.3. The maximum atomic E-state index is 12.3. The van der Waals surface area contributed by atoms with E-state index in [4.69, 9.17) is 4.74 Å². The Morgan fingerprint density at radius 2 is 1.64 bits per heavy atom. The van der Waals surface area contributed by atoms with Crippen molar-refractivity contribution in [1.29, 1.82) is 0 Å². The molecule has 5 rings (SSSR count). The van der Waals surface area contributed by atoms with Crippen LogP contribution in [-0.4, -0.2) is 5.97 Å². The predicted octanol–water partition coefficient (Wildman–Crippen LogP) is 4.41. The number of hydrogen-bond acceptors (Lipinski definition) is 2. The van der Waals surface area contributed by atoms with E-state index in [1.807, 2.05) is 24.3 Å². The molecular weight excluding hydrogens is 272 g/mol. The molecule has 2 heterocycles. The fourth-order valence-electron chi connectivity index (χ4n) is 4.21. The molecule has 2 nitrogen and oxygen atoms in total. The molecule has 0 N–H and O–H groups in total. The maximum absolute atomic E-state index is 12.3. The van der Waals surface area contributed by atoms with Crippen LogP contribution in [0, 0.1) is 5.92 Å². The van der Waals surface area contributed by atoms with Crippen molar-refractivity contribution in [2.24, 2.45) is 5.92 Å². The number of fused-ring (bicyclic) bond motifs is 4. The largest absolute Gasteiger partial charge is 0.454 e. The van der Waals surface area contributed by atoms with Gasteiger partial charge < -0.3 is 4.74 Å². The molecular formula is C20H20O2. The SMILES string of the molecule is O=C1C[C@H]2CC[C@](c3ccccc3)(C[C@H]2c2ccccc2)O1. The Labute approximate surface area is 131 Å². The lowest BCUT2D eigenvalue weighted by atomic mass is 9.67. The first kappa shape index (κ1) is 13.6. The molecule has 3 atom stereocenters. The summed E-state index contributed by atoms with van der Waals surface area (Å²) in [6.45, 7) is 0. The molecule has 0 spiro atoms. The first-order valence-electron chi connectivity index (χ1n) is 8.09. The summed E-state index contributed by atoms with van der Waals surface area (Å²) in [5.41, 5.74) is 2.04. The monoisotopic (exact) mass is 292 g/mol. The zero-order valence-corrected chi connectivity index (χ0v) is 12.6. The third-order valence-electron chi connectivity index (χ3n) is 5.30. The second-order valence-corrected chi connectivity index (χ2v) is 6.56. The van der Waals surface area contributed by atoms with Gasteiger partial charge in [0, 0.05) is 6.42 Å². The molecule has 3 aliphatic rings. The van der Waals surface area contributed by atoms with Crippen LogP contribution in [0.1, 0.15) is 42.7 Å². The Bertz CT molecular complexity index is 665. The van der Waals surface area contributed by atoms with Gasteiger partial charge in [0.1, 0.15) is 5.60 Å². The minimum atomic E-state index is -0.439. The van der Waals surface area contributed by atoms with E-state index in [9.17, 15) is 4.79 Å². The molecule has 0 aromatic heterocycles. The van der Waals surface area contributed by atoms with Crippen LogP contribution in [0.2, 0.25) is 0 Å². The number of carbonyl (C=O) groups excluding carboxylic acids is 1. The highest BCUT2D eigenvalue weighted by molar-refractivity contribution is 5.71. The van der Waals surface area contributed by atoms with Crippen molar-refractivity contribution < 1.29 is 9.53 Å². The average molecular weight is 292 g/mol. The second kappa shape index (κ2) is 5.28. The smallest absolute Gasteiger partial charge is 0.306 e. The number of ether oxygens (including phenoxy) is 1. The summed E-state index contributed by atoms with van der Waals surface area (Å²) in [7, 11) is 0. The molecule has 22 heavy (non-hydrogen) atoms. The molecule has 2 bridgehead atoms. The highest BCUT2D eigenvalue weighted by atomic mass is 16.6. The Balaban J connectivity index is 1.77. The molecule has 112 valence electrons. The van der Waals surface area contributed by atoms with E-state index >= 15 is 0 Å². The number of rotatable bonds is 2. The summed E-state index contributed by atoms with van der Waals surface area (Å²) in [6, 6.07) is 20.9. The van der Waals surface area contributed by atoms with Gasteiger partial charge in [-0.05, 0) is 42.2 Å². The molecule has 2 aliphatic heterocycles. The molecule has 0 radical (unpaired) electrons. The van der Waals surface area contributed by atoms with Crippen molar-refractivity contribution >= 4 is 5.97 Å². The summed E-state index contributed by atoms with van der Waals surface area (Å²) < 4.78 is 5.99. The van der Waals surface area contributed by atoms with Gasteiger partial charge in [-0.15, -0.1) is 0 Å². The van der Waals surface area contributed by atoms with Crippen LogP contribution in [0.25, 0.3) is 0 Å². The predicted molar refractivity (Wildman–Crippen MR) is 85.4 cm³/mol. The van der Waals surface area contributed by atoms with E-state index in [1.165, 1.54) is 5.56 Å². The van der Waals surface area contributed by atoms with Crippen molar-refractivity contribution in [3.8, 4) is 0 Å². The van der Waals surface area contributed by atoms with Crippen molar-refractivity contribution in [3.63, 3.8) is 0 Å². The first-order chi connectivity index (χ1) is 10.8. The van der Waals surface area contributed by atoms with Crippen molar-refractivity contribution in [2.45, 2.75) is 37.2 Å². The molecule has 3 fully saturated rings. The molecule has 2 saturated heterocycles. The summed E-state index contributed by atoms with van der Waals surface area (Å²) in [5, 5.41) is 0. The zero-order chi connectivity index (χ0) is 15.0. The third-order valence-corrected chi connectivity index (χ3v) is 5.30. The summed E-state index contributed by atoms with van der Waals surface area (Å²) in [5.74, 6) is 0.778. The highest BCUT2D eigenvalue weighted by Gasteiger charge is 2.49. The van der Waals surface area contributed by atoms with E-state index in [0.717, 1.165) is 24.8 Å². The average Bonchev–Trinajstić information content (AvgIpc) is 2.83. The van der Waals surface area contributed by atoms with E-state index < -0.39 is 5.60 Å². The Hall–Kier alpha value is -2.09. The summed E-state index contributed by atoms with van der Waals surface area (Å²) >= 11 is 0. The topological polar surface area (TPSA) is 26.3 Å². The Morgan fingerprint density at radius 3 is 2.36 bits per heavy atom. The Morgan fingerprint density at radius 1 is 0.955 bits per heavy atom. The minimum Gasteiger partial charge on any atom is -0.454 e. The molecule has 0 amide bonds. The van der Waals surface area contributed by atoms with Crippen LogP contribution in [0.15, 0.2) is 60.7 Å². The maximum Gasteiger partial charge on any atom is 0.306 e. The first-order valence-corrected chi connectivity index (χ1v) is 8.09. The van der Waals surface area contributed by atoms with Crippen LogP contribution >= 0.6 is 0 Å². The van der Waals surface area contributed by atoms with Crippen LogP contribution in [0.3, 0.4) is 0 Å². The fraction of sp³-hybridized carbons (Fsp3) is 0.350. The van der Waals surface area contributed by atoms with Crippen LogP contribution in [-0.2, 0) is 15.1 Å². The van der Waals surface area contributed by atoms with Crippen LogP contribution in [0.4, 0.5) is 0 Å². The zero-order valence-electron chi connectivity index (χ0n) is 12.6. The van der Waals surface area contributed by atoms with Gasteiger partial charge in [-0.25, -0.2) is 0 Å². The van der Waals surface area contributed by atoms with Gasteiger partial charge in [0.25, 0.3) is 0 Å². The summed E-state index contributed by atoms with van der Waals surface area (Å²) in [6.07, 6.45) is 3.45. The molecule has 0 unspecified atom stereocenters. The van der Waals surface area contributed by atoms with Gasteiger partial charge in [-0.3, -0.25) is 4.79 Å². The third kappa shape index (κ3) is 2.23. The standard InChI is InChI=1S/C20H20O2/c21-19-13-16-11-12-20(22-19,17-9-5-2-6-10-17)14-18(16)15-7-3-1-4-8-15/h1-10,16,18H,11-14H2/t16-,18+,20-/m1/s1. The lowest BCUT2D eigenvalue weighted by Crippen LogP contribution is -2.35.